The maximum atomic E-state index is 12.5. The SMILES string of the molecule is Cc1nc2c3ccccc3nn2c(C)c1CCC(=O)NCCc1ccc(-n2cccn2)cc1. The minimum atomic E-state index is 0.0488. The highest BCUT2D eigenvalue weighted by Crippen LogP contribution is 2.22. The summed E-state index contributed by atoms with van der Waals surface area (Å²) in [6.45, 7) is 4.67. The van der Waals surface area contributed by atoms with E-state index < -0.39 is 0 Å². The van der Waals surface area contributed by atoms with Crippen LogP contribution < -0.4 is 5.32 Å². The van der Waals surface area contributed by atoms with Crippen molar-refractivity contribution in [3.8, 4) is 5.69 Å². The molecule has 0 saturated heterocycles. The van der Waals surface area contributed by atoms with Crippen molar-refractivity contribution in [1.82, 2.24) is 29.7 Å². The Morgan fingerprint density at radius 2 is 1.82 bits per heavy atom. The lowest BCUT2D eigenvalue weighted by Crippen LogP contribution is -2.26. The van der Waals surface area contributed by atoms with Crippen LogP contribution in [0.2, 0.25) is 0 Å². The summed E-state index contributed by atoms with van der Waals surface area (Å²) < 4.78 is 3.73. The van der Waals surface area contributed by atoms with Gasteiger partial charge in [0.2, 0.25) is 5.91 Å². The van der Waals surface area contributed by atoms with Crippen LogP contribution in [0.25, 0.3) is 22.2 Å². The Balaban J connectivity index is 1.18. The first-order valence-corrected chi connectivity index (χ1v) is 11.2. The van der Waals surface area contributed by atoms with E-state index in [4.69, 9.17) is 10.1 Å². The summed E-state index contributed by atoms with van der Waals surface area (Å²) in [5, 5.41) is 13.0. The van der Waals surface area contributed by atoms with Crippen molar-refractivity contribution in [3.63, 3.8) is 0 Å². The van der Waals surface area contributed by atoms with Crippen molar-refractivity contribution in [2.45, 2.75) is 33.1 Å². The molecule has 0 spiro atoms. The molecule has 5 aromatic rings. The third kappa shape index (κ3) is 4.22. The topological polar surface area (TPSA) is 77.1 Å². The lowest BCUT2D eigenvalue weighted by molar-refractivity contribution is -0.121. The predicted molar refractivity (Wildman–Crippen MR) is 129 cm³/mol. The summed E-state index contributed by atoms with van der Waals surface area (Å²) in [4.78, 5) is 17.3. The summed E-state index contributed by atoms with van der Waals surface area (Å²) >= 11 is 0. The van der Waals surface area contributed by atoms with E-state index in [-0.39, 0.29) is 5.91 Å². The number of amides is 1. The number of aryl methyl sites for hydroxylation is 2. The highest BCUT2D eigenvalue weighted by atomic mass is 16.1. The summed E-state index contributed by atoms with van der Waals surface area (Å²) in [6, 6.07) is 18.2. The van der Waals surface area contributed by atoms with Crippen LogP contribution in [0.4, 0.5) is 0 Å². The molecule has 0 saturated carbocycles. The zero-order valence-corrected chi connectivity index (χ0v) is 18.8. The van der Waals surface area contributed by atoms with Crippen LogP contribution in [0.3, 0.4) is 0 Å². The van der Waals surface area contributed by atoms with Crippen molar-refractivity contribution in [3.05, 3.63) is 89.5 Å². The van der Waals surface area contributed by atoms with E-state index in [2.05, 4.69) is 22.5 Å². The van der Waals surface area contributed by atoms with Crippen molar-refractivity contribution in [2.75, 3.05) is 6.54 Å². The fraction of sp³-hybridized carbons (Fsp3) is 0.231. The van der Waals surface area contributed by atoms with E-state index in [1.165, 1.54) is 5.56 Å². The molecule has 7 nitrogen and oxygen atoms in total. The molecule has 0 bridgehead atoms. The molecule has 2 aromatic carbocycles. The minimum absolute atomic E-state index is 0.0488. The van der Waals surface area contributed by atoms with E-state index in [1.807, 2.05) is 71.7 Å². The van der Waals surface area contributed by atoms with Gasteiger partial charge in [-0.3, -0.25) is 4.79 Å². The van der Waals surface area contributed by atoms with Gasteiger partial charge < -0.3 is 5.32 Å². The van der Waals surface area contributed by atoms with E-state index in [0.717, 1.165) is 45.6 Å². The number of aromatic nitrogens is 5. The Kier molecular flexibility index (Phi) is 5.60. The number of benzene rings is 2. The average Bonchev–Trinajstić information content (AvgIpc) is 3.48. The number of carbonyl (C=O) groups excluding carboxylic acids is 1. The highest BCUT2D eigenvalue weighted by Gasteiger charge is 2.14. The molecule has 1 N–H and O–H groups in total. The number of nitrogens with one attached hydrogen (secondary N) is 1. The molecule has 0 atom stereocenters. The summed E-state index contributed by atoms with van der Waals surface area (Å²) in [5.41, 5.74) is 7.08. The van der Waals surface area contributed by atoms with E-state index in [1.54, 1.807) is 6.20 Å². The van der Waals surface area contributed by atoms with Gasteiger partial charge in [0.05, 0.1) is 11.2 Å². The Bertz CT molecular complexity index is 1420. The zero-order chi connectivity index (χ0) is 22.8. The second-order valence-corrected chi connectivity index (χ2v) is 8.23. The molecule has 0 aliphatic rings. The van der Waals surface area contributed by atoms with Crippen LogP contribution in [0.1, 0.15) is 28.9 Å². The number of carbonyl (C=O) groups is 1. The molecule has 166 valence electrons. The van der Waals surface area contributed by atoms with Crippen molar-refractivity contribution < 1.29 is 4.79 Å². The number of rotatable bonds is 7. The molecular weight excluding hydrogens is 412 g/mol. The van der Waals surface area contributed by atoms with Crippen molar-refractivity contribution in [1.29, 1.82) is 0 Å². The average molecular weight is 439 g/mol. The second-order valence-electron chi connectivity index (χ2n) is 8.23. The van der Waals surface area contributed by atoms with Gasteiger partial charge in [-0.15, -0.1) is 0 Å². The van der Waals surface area contributed by atoms with Gasteiger partial charge in [-0.05, 0) is 68.1 Å². The van der Waals surface area contributed by atoms with Crippen LogP contribution in [0.15, 0.2) is 67.0 Å². The Hall–Kier alpha value is -4.00. The predicted octanol–water partition coefficient (Wildman–Crippen LogP) is 3.98. The van der Waals surface area contributed by atoms with Gasteiger partial charge in [-0.2, -0.15) is 10.2 Å². The van der Waals surface area contributed by atoms with Gasteiger partial charge in [0.15, 0.2) is 5.65 Å². The van der Waals surface area contributed by atoms with Crippen LogP contribution in [0.5, 0.6) is 0 Å². The molecule has 0 radical (unpaired) electrons. The Labute approximate surface area is 192 Å². The number of nitrogens with zero attached hydrogens (tertiary/aromatic N) is 5. The van der Waals surface area contributed by atoms with Gasteiger partial charge in [0.25, 0.3) is 0 Å². The summed E-state index contributed by atoms with van der Waals surface area (Å²) in [7, 11) is 0. The third-order valence-corrected chi connectivity index (χ3v) is 6.06. The van der Waals surface area contributed by atoms with Crippen LogP contribution in [0, 0.1) is 13.8 Å². The number of fused-ring (bicyclic) bond motifs is 3. The normalized spacial score (nSPS) is 11.3. The monoisotopic (exact) mass is 438 g/mol. The van der Waals surface area contributed by atoms with Gasteiger partial charge in [0.1, 0.15) is 0 Å². The summed E-state index contributed by atoms with van der Waals surface area (Å²) in [5.74, 6) is 0.0488. The molecule has 3 heterocycles. The Morgan fingerprint density at radius 1 is 1.00 bits per heavy atom. The molecule has 0 unspecified atom stereocenters. The molecule has 0 fully saturated rings. The molecule has 0 aliphatic carbocycles. The van der Waals surface area contributed by atoms with Gasteiger partial charge in [-0.25, -0.2) is 14.2 Å². The third-order valence-electron chi connectivity index (χ3n) is 6.06. The van der Waals surface area contributed by atoms with Gasteiger partial charge in [-0.1, -0.05) is 24.3 Å². The minimum Gasteiger partial charge on any atom is -0.356 e. The largest absolute Gasteiger partial charge is 0.356 e. The number of hydrogen-bond acceptors (Lipinski definition) is 4. The fourth-order valence-electron chi connectivity index (χ4n) is 4.25. The fourth-order valence-corrected chi connectivity index (χ4v) is 4.25. The second kappa shape index (κ2) is 8.86. The molecule has 0 aliphatic heterocycles. The van der Waals surface area contributed by atoms with E-state index in [9.17, 15) is 4.79 Å². The van der Waals surface area contributed by atoms with Crippen LogP contribution in [-0.2, 0) is 17.6 Å². The molecule has 3 aromatic heterocycles. The first-order chi connectivity index (χ1) is 16.1. The standard InChI is InChI=1S/C26H26N6O/c1-18-22(19(2)32-26(29-18)23-6-3-4-7-24(23)30-32)12-13-25(33)27-16-14-20-8-10-21(11-9-20)31-17-5-15-28-31/h3-11,15,17H,12-14,16H2,1-2H3,(H,27,33). The van der Waals surface area contributed by atoms with E-state index >= 15 is 0 Å². The van der Waals surface area contributed by atoms with Gasteiger partial charge in [0, 0.05) is 42.1 Å². The maximum absolute atomic E-state index is 12.5. The first kappa shape index (κ1) is 20.9. The zero-order valence-electron chi connectivity index (χ0n) is 18.8. The highest BCUT2D eigenvalue weighted by molar-refractivity contribution is 5.92. The van der Waals surface area contributed by atoms with Gasteiger partial charge >= 0.3 is 0 Å². The molecule has 1 amide bonds. The molecule has 33 heavy (non-hydrogen) atoms. The molecule has 5 rings (SSSR count). The van der Waals surface area contributed by atoms with E-state index in [0.29, 0.717) is 19.4 Å². The first-order valence-electron chi connectivity index (χ1n) is 11.2. The lowest BCUT2D eigenvalue weighted by Gasteiger charge is -2.11. The van der Waals surface area contributed by atoms with Crippen LogP contribution >= 0.6 is 0 Å². The maximum Gasteiger partial charge on any atom is 0.220 e. The Morgan fingerprint density at radius 3 is 2.61 bits per heavy atom. The van der Waals surface area contributed by atoms with Crippen molar-refractivity contribution in [2.24, 2.45) is 0 Å². The van der Waals surface area contributed by atoms with Crippen molar-refractivity contribution >= 4 is 22.5 Å². The molecular formula is C26H26N6O. The smallest absolute Gasteiger partial charge is 0.220 e. The number of hydrogen-bond donors (Lipinski definition) is 1. The molecule has 7 heteroatoms. The quantitative estimate of drug-likeness (QED) is 0.417. The summed E-state index contributed by atoms with van der Waals surface area (Å²) in [6.07, 6.45) is 5.53. The van der Waals surface area contributed by atoms with Crippen LogP contribution in [-0.4, -0.2) is 36.8 Å². The lowest BCUT2D eigenvalue weighted by atomic mass is 10.1.